The van der Waals surface area contributed by atoms with Crippen LogP contribution >= 0.6 is 0 Å². The van der Waals surface area contributed by atoms with Gasteiger partial charge in [-0.05, 0) is 53.6 Å². The van der Waals surface area contributed by atoms with E-state index in [0.717, 1.165) is 32.5 Å². The van der Waals surface area contributed by atoms with E-state index >= 15 is 0 Å². The van der Waals surface area contributed by atoms with Gasteiger partial charge in [0.25, 0.3) is 0 Å². The van der Waals surface area contributed by atoms with Gasteiger partial charge in [-0.3, -0.25) is 5.10 Å². The lowest BCUT2D eigenvalue weighted by Gasteiger charge is -2.29. The van der Waals surface area contributed by atoms with Gasteiger partial charge in [0.15, 0.2) is 0 Å². The maximum Gasteiger partial charge on any atom is 0.0697 e. The van der Waals surface area contributed by atoms with Crippen molar-refractivity contribution < 1.29 is 4.74 Å². The fourth-order valence-electron chi connectivity index (χ4n) is 3.34. The van der Waals surface area contributed by atoms with Crippen LogP contribution in [0.2, 0.25) is 0 Å². The lowest BCUT2D eigenvalue weighted by molar-refractivity contribution is -0.0149. The number of aromatic nitrogens is 2. The van der Waals surface area contributed by atoms with E-state index in [-0.39, 0.29) is 0 Å². The number of hydrogen-bond acceptors (Lipinski definition) is 4. The van der Waals surface area contributed by atoms with E-state index in [2.05, 4.69) is 47.5 Å². The van der Waals surface area contributed by atoms with Crippen molar-refractivity contribution >= 4 is 0 Å². The lowest BCUT2D eigenvalue weighted by Crippen LogP contribution is -2.28. The van der Waals surface area contributed by atoms with E-state index in [4.69, 9.17) is 4.74 Å². The van der Waals surface area contributed by atoms with Crippen molar-refractivity contribution in [1.82, 2.24) is 20.4 Å². The number of H-pyrrole nitrogens is 1. The molecule has 22 heavy (non-hydrogen) atoms. The summed E-state index contributed by atoms with van der Waals surface area (Å²) in [6, 6.07) is 0. The van der Waals surface area contributed by atoms with Gasteiger partial charge in [0.2, 0.25) is 0 Å². The summed E-state index contributed by atoms with van der Waals surface area (Å²) < 4.78 is 5.95. The largest absolute Gasteiger partial charge is 0.376 e. The van der Waals surface area contributed by atoms with Gasteiger partial charge >= 0.3 is 0 Å². The monoisotopic (exact) mass is 308 g/mol. The minimum atomic E-state index is 0.336. The number of ether oxygens (including phenoxy) is 1. The van der Waals surface area contributed by atoms with Gasteiger partial charge in [-0.2, -0.15) is 5.10 Å². The summed E-state index contributed by atoms with van der Waals surface area (Å²) in [5.74, 6) is 0.589. The molecule has 1 aliphatic rings. The second kappa shape index (κ2) is 8.65. The van der Waals surface area contributed by atoms with E-state index < -0.39 is 0 Å². The van der Waals surface area contributed by atoms with Crippen molar-refractivity contribution in [3.8, 4) is 0 Å². The summed E-state index contributed by atoms with van der Waals surface area (Å²) in [6.45, 7) is 7.28. The number of rotatable bonds is 8. The second-order valence-corrected chi connectivity index (χ2v) is 6.80. The van der Waals surface area contributed by atoms with E-state index in [1.54, 1.807) is 0 Å². The predicted octanol–water partition coefficient (Wildman–Crippen LogP) is 2.51. The molecule has 1 saturated carbocycles. The average molecular weight is 308 g/mol. The molecule has 2 N–H and O–H groups in total. The summed E-state index contributed by atoms with van der Waals surface area (Å²) in [5.41, 5.74) is 2.63. The van der Waals surface area contributed by atoms with Crippen LogP contribution in [0.25, 0.3) is 0 Å². The molecular formula is C17H32N4O. The van der Waals surface area contributed by atoms with Crippen LogP contribution in [0.15, 0.2) is 6.20 Å². The first kappa shape index (κ1) is 17.4. The molecule has 0 aliphatic heterocycles. The van der Waals surface area contributed by atoms with Crippen molar-refractivity contribution in [1.29, 1.82) is 0 Å². The molecule has 0 aromatic carbocycles. The Hall–Kier alpha value is -0.910. The van der Waals surface area contributed by atoms with Gasteiger partial charge in [-0.25, -0.2) is 0 Å². The summed E-state index contributed by atoms with van der Waals surface area (Å²) in [6.07, 6.45) is 7.54. The molecule has 126 valence electrons. The molecule has 0 amide bonds. The Balaban J connectivity index is 1.87. The fraction of sp³-hybridized carbons (Fsp3) is 0.824. The Kier molecular flexibility index (Phi) is 6.86. The van der Waals surface area contributed by atoms with Crippen molar-refractivity contribution in [2.45, 2.75) is 64.2 Å². The van der Waals surface area contributed by atoms with Gasteiger partial charge in [0.05, 0.1) is 17.9 Å². The molecule has 0 saturated heterocycles. The smallest absolute Gasteiger partial charge is 0.0697 e. The topological polar surface area (TPSA) is 53.2 Å². The lowest BCUT2D eigenvalue weighted by atomic mass is 9.84. The van der Waals surface area contributed by atoms with Crippen molar-refractivity contribution in [3.05, 3.63) is 17.5 Å². The van der Waals surface area contributed by atoms with Crippen molar-refractivity contribution in [2.24, 2.45) is 0 Å². The van der Waals surface area contributed by atoms with Crippen LogP contribution in [0.4, 0.5) is 0 Å². The standard InChI is InChI=1S/C17H32N4O/c1-13(2)22-16-7-5-14(6-8-16)17-15(11-19-20-17)12-21(4)10-9-18-3/h11,13-14,16,18H,5-10,12H2,1-4H3,(H,19,20). The van der Waals surface area contributed by atoms with Gasteiger partial charge in [-0.1, -0.05) is 0 Å². The molecule has 0 spiro atoms. The fourth-order valence-corrected chi connectivity index (χ4v) is 3.34. The highest BCUT2D eigenvalue weighted by molar-refractivity contribution is 5.21. The van der Waals surface area contributed by atoms with Crippen LogP contribution in [0.3, 0.4) is 0 Å². The van der Waals surface area contributed by atoms with Gasteiger partial charge in [0.1, 0.15) is 0 Å². The Bertz CT molecular complexity index is 424. The zero-order valence-electron chi connectivity index (χ0n) is 14.6. The van der Waals surface area contributed by atoms with Crippen molar-refractivity contribution in [2.75, 3.05) is 27.2 Å². The van der Waals surface area contributed by atoms with Gasteiger partial charge in [0, 0.05) is 37.3 Å². The first-order valence-corrected chi connectivity index (χ1v) is 8.61. The molecule has 1 heterocycles. The van der Waals surface area contributed by atoms with Crippen molar-refractivity contribution in [3.63, 3.8) is 0 Å². The molecule has 0 radical (unpaired) electrons. The Labute approximate surface area is 134 Å². The molecule has 1 aliphatic carbocycles. The third-order valence-corrected chi connectivity index (χ3v) is 4.46. The van der Waals surface area contributed by atoms with Crippen LogP contribution < -0.4 is 5.32 Å². The third-order valence-electron chi connectivity index (χ3n) is 4.46. The summed E-state index contributed by atoms with van der Waals surface area (Å²) in [7, 11) is 4.16. The van der Waals surface area contributed by atoms with Crippen LogP contribution in [-0.2, 0) is 11.3 Å². The van der Waals surface area contributed by atoms with E-state index in [0.29, 0.717) is 18.1 Å². The van der Waals surface area contributed by atoms with Crippen LogP contribution in [0, 0.1) is 0 Å². The zero-order chi connectivity index (χ0) is 15.9. The van der Waals surface area contributed by atoms with Crippen LogP contribution in [0.5, 0.6) is 0 Å². The first-order valence-electron chi connectivity index (χ1n) is 8.61. The molecule has 1 aromatic rings. The SMILES string of the molecule is CNCCN(C)Cc1c[nH]nc1C1CCC(OC(C)C)CC1. The molecule has 0 unspecified atom stereocenters. The maximum atomic E-state index is 5.95. The highest BCUT2D eigenvalue weighted by atomic mass is 16.5. The Morgan fingerprint density at radius 1 is 1.36 bits per heavy atom. The molecule has 5 heteroatoms. The molecule has 1 fully saturated rings. The van der Waals surface area contributed by atoms with Crippen LogP contribution in [0.1, 0.15) is 56.7 Å². The van der Waals surface area contributed by atoms with E-state index in [9.17, 15) is 0 Å². The average Bonchev–Trinajstić information content (AvgIpc) is 2.93. The zero-order valence-corrected chi connectivity index (χ0v) is 14.6. The molecule has 0 atom stereocenters. The highest BCUT2D eigenvalue weighted by Crippen LogP contribution is 2.35. The number of nitrogens with zero attached hydrogens (tertiary/aromatic N) is 2. The summed E-state index contributed by atoms with van der Waals surface area (Å²) in [5, 5.41) is 10.8. The second-order valence-electron chi connectivity index (χ2n) is 6.80. The number of hydrogen-bond donors (Lipinski definition) is 2. The highest BCUT2D eigenvalue weighted by Gasteiger charge is 2.26. The van der Waals surface area contributed by atoms with E-state index in [1.807, 2.05) is 7.05 Å². The summed E-state index contributed by atoms with van der Waals surface area (Å²) in [4.78, 5) is 2.35. The van der Waals surface area contributed by atoms with Gasteiger partial charge < -0.3 is 15.0 Å². The molecule has 2 rings (SSSR count). The Morgan fingerprint density at radius 2 is 2.09 bits per heavy atom. The quantitative estimate of drug-likeness (QED) is 0.775. The number of aromatic amines is 1. The predicted molar refractivity (Wildman–Crippen MR) is 90.1 cm³/mol. The number of likely N-dealkylation sites (N-methyl/N-ethyl adjacent to an activating group) is 2. The maximum absolute atomic E-state index is 5.95. The molecule has 5 nitrogen and oxygen atoms in total. The minimum Gasteiger partial charge on any atom is -0.376 e. The Morgan fingerprint density at radius 3 is 2.73 bits per heavy atom. The minimum absolute atomic E-state index is 0.336. The summed E-state index contributed by atoms with van der Waals surface area (Å²) >= 11 is 0. The van der Waals surface area contributed by atoms with Crippen LogP contribution in [-0.4, -0.2) is 54.5 Å². The molecule has 1 aromatic heterocycles. The molecular weight excluding hydrogens is 276 g/mol. The first-order chi connectivity index (χ1) is 10.6. The van der Waals surface area contributed by atoms with Gasteiger partial charge in [-0.15, -0.1) is 0 Å². The van der Waals surface area contributed by atoms with E-state index in [1.165, 1.54) is 24.1 Å². The number of nitrogens with one attached hydrogen (secondary N) is 2. The normalized spacial score (nSPS) is 22.6. The molecule has 0 bridgehead atoms. The third kappa shape index (κ3) is 5.07.